The first-order chi connectivity index (χ1) is 22.4. The highest BCUT2D eigenvalue weighted by molar-refractivity contribution is 6.04. The van der Waals surface area contributed by atoms with Gasteiger partial charge in [-0.1, -0.05) is 60.2 Å². The summed E-state index contributed by atoms with van der Waals surface area (Å²) >= 11 is 0. The van der Waals surface area contributed by atoms with E-state index in [9.17, 15) is 14.4 Å². The van der Waals surface area contributed by atoms with Gasteiger partial charge in [0.25, 0.3) is 5.91 Å². The quantitative estimate of drug-likeness (QED) is 0.271. The predicted octanol–water partition coefficient (Wildman–Crippen LogP) is 5.29. The number of piperazine rings is 1. The summed E-state index contributed by atoms with van der Waals surface area (Å²) in [5, 5.41) is 3.32. The van der Waals surface area contributed by atoms with Crippen LogP contribution in [0.15, 0.2) is 103 Å². The number of Topliss-reactive ketones (excluding diaryl/α,β-unsaturated/α-hetero) is 1. The highest BCUT2D eigenvalue weighted by Gasteiger charge is 2.58. The summed E-state index contributed by atoms with van der Waals surface area (Å²) < 4.78 is 10.8. The Morgan fingerprint density at radius 1 is 0.696 bits per heavy atom. The molecule has 0 bridgehead atoms. The van der Waals surface area contributed by atoms with Gasteiger partial charge in [0.2, 0.25) is 5.91 Å². The fraction of sp³-hybridized carbons (Fsp3) is 0.289. The smallest absolute Gasteiger partial charge is 0.255 e. The van der Waals surface area contributed by atoms with E-state index >= 15 is 0 Å². The van der Waals surface area contributed by atoms with Gasteiger partial charge >= 0.3 is 0 Å². The molecule has 0 aromatic heterocycles. The third kappa shape index (κ3) is 6.00. The Balaban J connectivity index is 1.60. The molecule has 2 fully saturated rings. The van der Waals surface area contributed by atoms with Crippen molar-refractivity contribution in [3.8, 4) is 11.5 Å². The van der Waals surface area contributed by atoms with Crippen LogP contribution in [0, 0.1) is 12.8 Å². The normalized spacial score (nSPS) is 21.1. The van der Waals surface area contributed by atoms with Crippen LogP contribution < -0.4 is 14.8 Å². The van der Waals surface area contributed by atoms with E-state index in [1.807, 2.05) is 78.6 Å². The number of rotatable bonds is 8. The van der Waals surface area contributed by atoms with Crippen molar-refractivity contribution >= 4 is 17.6 Å². The molecular weight excluding hydrogens is 578 g/mol. The largest absolute Gasteiger partial charge is 0.497 e. The summed E-state index contributed by atoms with van der Waals surface area (Å²) in [5.41, 5.74) is 3.60. The molecule has 4 atom stereocenters. The minimum absolute atomic E-state index is 0.143. The van der Waals surface area contributed by atoms with Crippen molar-refractivity contribution in [2.45, 2.75) is 24.9 Å². The number of ketones is 1. The Hall–Kier alpha value is -4.95. The Morgan fingerprint density at radius 3 is 1.85 bits per heavy atom. The molecule has 0 spiro atoms. The number of nitrogens with zero attached hydrogens (tertiary/aromatic N) is 2. The Bertz CT molecular complexity index is 1670. The number of benzene rings is 4. The van der Waals surface area contributed by atoms with Crippen molar-refractivity contribution in [1.82, 2.24) is 15.1 Å². The average molecular weight is 618 g/mol. The minimum atomic E-state index is -0.933. The van der Waals surface area contributed by atoms with Gasteiger partial charge in [-0.15, -0.1) is 0 Å². The van der Waals surface area contributed by atoms with Crippen LogP contribution in [0.1, 0.15) is 49.4 Å². The van der Waals surface area contributed by atoms with E-state index in [1.54, 1.807) is 55.5 Å². The zero-order chi connectivity index (χ0) is 32.2. The third-order valence-electron chi connectivity index (χ3n) is 9.20. The fourth-order valence-electron chi connectivity index (χ4n) is 6.84. The van der Waals surface area contributed by atoms with Gasteiger partial charge in [0.15, 0.2) is 5.78 Å². The molecule has 2 amide bonds. The zero-order valence-corrected chi connectivity index (χ0v) is 26.4. The number of amides is 2. The lowest BCUT2D eigenvalue weighted by Gasteiger charge is -2.36. The molecule has 4 unspecified atom stereocenters. The van der Waals surface area contributed by atoms with Crippen LogP contribution in [0.3, 0.4) is 0 Å². The highest BCUT2D eigenvalue weighted by atomic mass is 16.5. The molecule has 4 aromatic rings. The van der Waals surface area contributed by atoms with Crippen molar-refractivity contribution < 1.29 is 23.9 Å². The van der Waals surface area contributed by atoms with E-state index < -0.39 is 23.9 Å². The molecule has 0 radical (unpaired) electrons. The topological polar surface area (TPSA) is 88.2 Å². The lowest BCUT2D eigenvalue weighted by molar-refractivity contribution is -0.136. The van der Waals surface area contributed by atoms with Crippen LogP contribution >= 0.6 is 0 Å². The van der Waals surface area contributed by atoms with E-state index in [0.717, 1.165) is 16.7 Å². The standard InChI is InChI=1S/C38H39N3O5/c1-25-9-11-27(12-10-25)34-33(36(42)28-15-19-31(46-3)20-16-28)32(26-13-17-30(45-2)18-14-26)35(38(44)40-23-21-39-22-24-40)41(34)37(43)29-7-5-4-6-8-29/h4-20,32-35,39H,21-24H2,1-3H3. The van der Waals surface area contributed by atoms with Gasteiger partial charge in [-0.3, -0.25) is 14.4 Å². The third-order valence-corrected chi connectivity index (χ3v) is 9.20. The van der Waals surface area contributed by atoms with Crippen LogP contribution in [0.5, 0.6) is 11.5 Å². The van der Waals surface area contributed by atoms with Crippen LogP contribution in [-0.4, -0.2) is 73.8 Å². The first kappa shape index (κ1) is 31.0. The average Bonchev–Trinajstić information content (AvgIpc) is 3.47. The number of aryl methyl sites for hydroxylation is 1. The number of ether oxygens (including phenoxy) is 2. The molecule has 1 N–H and O–H groups in total. The maximum atomic E-state index is 14.9. The molecule has 0 aliphatic carbocycles. The van der Waals surface area contributed by atoms with Gasteiger partial charge in [-0.25, -0.2) is 0 Å². The molecule has 8 heteroatoms. The zero-order valence-electron chi connectivity index (χ0n) is 26.4. The number of hydrogen-bond acceptors (Lipinski definition) is 6. The lowest BCUT2D eigenvalue weighted by atomic mass is 9.75. The SMILES string of the molecule is COc1ccc(C(=O)C2C(c3ccc(OC)cc3)C(C(=O)N3CCNCC3)N(C(=O)c3ccccc3)C2c2ccc(C)cc2)cc1. The Labute approximate surface area is 269 Å². The van der Waals surface area contributed by atoms with Crippen molar-refractivity contribution in [2.24, 2.45) is 5.92 Å². The summed E-state index contributed by atoms with van der Waals surface area (Å²) in [6, 6.07) is 29.9. The molecule has 2 saturated heterocycles. The van der Waals surface area contributed by atoms with Crippen molar-refractivity contribution in [3.05, 3.63) is 131 Å². The number of likely N-dealkylation sites (tertiary alicyclic amines) is 1. The van der Waals surface area contributed by atoms with Crippen LogP contribution in [0.4, 0.5) is 0 Å². The monoisotopic (exact) mass is 617 g/mol. The second-order valence-corrected chi connectivity index (χ2v) is 11.9. The van der Waals surface area contributed by atoms with Gasteiger partial charge in [0, 0.05) is 43.2 Å². The van der Waals surface area contributed by atoms with Gasteiger partial charge < -0.3 is 24.6 Å². The molecule has 2 aliphatic rings. The summed E-state index contributed by atoms with van der Waals surface area (Å²) in [6.45, 7) is 4.36. The summed E-state index contributed by atoms with van der Waals surface area (Å²) in [7, 11) is 3.19. The highest BCUT2D eigenvalue weighted by Crippen LogP contribution is 2.52. The molecule has 46 heavy (non-hydrogen) atoms. The molecular formula is C38H39N3O5. The summed E-state index contributed by atoms with van der Waals surface area (Å²) in [5.74, 6) is -0.696. The second kappa shape index (κ2) is 13.6. The second-order valence-electron chi connectivity index (χ2n) is 11.9. The predicted molar refractivity (Wildman–Crippen MR) is 176 cm³/mol. The van der Waals surface area contributed by atoms with E-state index in [4.69, 9.17) is 9.47 Å². The van der Waals surface area contributed by atoms with Gasteiger partial charge in [0.05, 0.1) is 26.2 Å². The molecule has 2 heterocycles. The van der Waals surface area contributed by atoms with Crippen LogP contribution in [0.25, 0.3) is 0 Å². The van der Waals surface area contributed by atoms with Crippen LogP contribution in [-0.2, 0) is 4.79 Å². The number of carbonyl (C=O) groups is 3. The molecule has 6 rings (SSSR count). The van der Waals surface area contributed by atoms with Crippen LogP contribution in [0.2, 0.25) is 0 Å². The molecule has 236 valence electrons. The van der Waals surface area contributed by atoms with Gasteiger partial charge in [-0.2, -0.15) is 0 Å². The van der Waals surface area contributed by atoms with E-state index in [1.165, 1.54) is 0 Å². The fourth-order valence-corrected chi connectivity index (χ4v) is 6.84. The lowest BCUT2D eigenvalue weighted by Crippen LogP contribution is -2.54. The summed E-state index contributed by atoms with van der Waals surface area (Å²) in [6.07, 6.45) is 0. The molecule has 0 saturated carbocycles. The molecule has 4 aromatic carbocycles. The van der Waals surface area contributed by atoms with E-state index in [2.05, 4.69) is 5.32 Å². The number of hydrogen-bond donors (Lipinski definition) is 1. The van der Waals surface area contributed by atoms with Gasteiger partial charge in [-0.05, 0) is 66.6 Å². The van der Waals surface area contributed by atoms with Crippen molar-refractivity contribution in [1.29, 1.82) is 0 Å². The van der Waals surface area contributed by atoms with Crippen molar-refractivity contribution in [3.63, 3.8) is 0 Å². The van der Waals surface area contributed by atoms with Crippen molar-refractivity contribution in [2.75, 3.05) is 40.4 Å². The first-order valence-electron chi connectivity index (χ1n) is 15.7. The van der Waals surface area contributed by atoms with E-state index in [-0.39, 0.29) is 17.6 Å². The number of carbonyl (C=O) groups excluding carboxylic acids is 3. The Kier molecular flexibility index (Phi) is 9.17. The maximum absolute atomic E-state index is 14.9. The maximum Gasteiger partial charge on any atom is 0.255 e. The summed E-state index contributed by atoms with van der Waals surface area (Å²) in [4.78, 5) is 48.0. The first-order valence-corrected chi connectivity index (χ1v) is 15.7. The molecule has 2 aliphatic heterocycles. The minimum Gasteiger partial charge on any atom is -0.497 e. The number of nitrogens with one attached hydrogen (secondary N) is 1. The van der Waals surface area contributed by atoms with E-state index in [0.29, 0.717) is 48.8 Å². The molecule has 8 nitrogen and oxygen atoms in total. The number of methoxy groups -OCH3 is 2. The Morgan fingerprint density at radius 2 is 1.26 bits per heavy atom. The van der Waals surface area contributed by atoms with Gasteiger partial charge in [0.1, 0.15) is 17.5 Å².